The molecule has 2 N–H and O–H groups in total. The molecular weight excluding hydrogens is 480 g/mol. The summed E-state index contributed by atoms with van der Waals surface area (Å²) in [4.78, 5) is 37.9. The first-order valence-electron chi connectivity index (χ1n) is 11.2. The van der Waals surface area contributed by atoms with Gasteiger partial charge in [-0.25, -0.2) is 13.2 Å². The minimum Gasteiger partial charge on any atom is -0.325 e. The molecule has 186 valence electrons. The molecule has 4 aromatic rings. The number of hydrogen-bond donors (Lipinski definition) is 2. The van der Waals surface area contributed by atoms with E-state index in [0.717, 1.165) is 15.7 Å². The summed E-state index contributed by atoms with van der Waals surface area (Å²) in [6, 6.07) is 19.1. The SMILES string of the molecule is Cc1cccc(NC(=O)[C@H](Cc2ccccc2)NS(=O)(=O)c2ccc3c(c2)c(=O)n(C)c(=O)n3C)c1. The van der Waals surface area contributed by atoms with Crippen LogP contribution in [0.4, 0.5) is 5.69 Å². The van der Waals surface area contributed by atoms with Gasteiger partial charge in [-0.3, -0.25) is 18.7 Å². The van der Waals surface area contributed by atoms with Crippen molar-refractivity contribution in [2.45, 2.75) is 24.3 Å². The summed E-state index contributed by atoms with van der Waals surface area (Å²) in [5.74, 6) is -0.521. The van der Waals surface area contributed by atoms with Crippen molar-refractivity contribution >= 4 is 32.5 Å². The maximum Gasteiger partial charge on any atom is 0.330 e. The average molecular weight is 507 g/mol. The summed E-state index contributed by atoms with van der Waals surface area (Å²) in [5.41, 5.74) is 1.44. The van der Waals surface area contributed by atoms with Crippen molar-refractivity contribution in [3.05, 3.63) is 105 Å². The van der Waals surface area contributed by atoms with E-state index in [4.69, 9.17) is 0 Å². The highest BCUT2D eigenvalue weighted by Gasteiger charge is 2.27. The van der Waals surface area contributed by atoms with E-state index in [9.17, 15) is 22.8 Å². The smallest absolute Gasteiger partial charge is 0.325 e. The Morgan fingerprint density at radius 3 is 2.33 bits per heavy atom. The summed E-state index contributed by atoms with van der Waals surface area (Å²) >= 11 is 0. The van der Waals surface area contributed by atoms with Crippen molar-refractivity contribution in [3.63, 3.8) is 0 Å². The molecule has 4 rings (SSSR count). The molecule has 0 spiro atoms. The summed E-state index contributed by atoms with van der Waals surface area (Å²) in [6.45, 7) is 1.89. The van der Waals surface area contributed by atoms with E-state index in [0.29, 0.717) is 11.2 Å². The lowest BCUT2D eigenvalue weighted by molar-refractivity contribution is -0.117. The molecule has 10 heteroatoms. The lowest BCUT2D eigenvalue weighted by Gasteiger charge is -2.19. The number of fused-ring (bicyclic) bond motifs is 1. The lowest BCUT2D eigenvalue weighted by atomic mass is 10.1. The monoisotopic (exact) mass is 506 g/mol. The highest BCUT2D eigenvalue weighted by molar-refractivity contribution is 7.89. The zero-order valence-corrected chi connectivity index (χ0v) is 20.9. The number of nitrogens with one attached hydrogen (secondary N) is 2. The van der Waals surface area contributed by atoms with Gasteiger partial charge in [0.05, 0.1) is 15.8 Å². The number of benzene rings is 3. The molecule has 0 aliphatic rings. The Hall–Kier alpha value is -4.02. The van der Waals surface area contributed by atoms with Crippen molar-refractivity contribution in [2.75, 3.05) is 5.32 Å². The van der Waals surface area contributed by atoms with Gasteiger partial charge in [0.2, 0.25) is 15.9 Å². The number of aryl methyl sites for hydroxylation is 2. The predicted molar refractivity (Wildman–Crippen MR) is 138 cm³/mol. The first kappa shape index (κ1) is 25.1. The fourth-order valence-electron chi connectivity index (χ4n) is 3.99. The van der Waals surface area contributed by atoms with Gasteiger partial charge in [0, 0.05) is 19.8 Å². The Kier molecular flexibility index (Phi) is 6.91. The molecule has 9 nitrogen and oxygen atoms in total. The number of aromatic nitrogens is 2. The van der Waals surface area contributed by atoms with Crippen molar-refractivity contribution in [1.29, 1.82) is 0 Å². The summed E-state index contributed by atoms with van der Waals surface area (Å²) in [7, 11) is -1.39. The van der Waals surface area contributed by atoms with Crippen LogP contribution in [0.1, 0.15) is 11.1 Å². The molecule has 0 bridgehead atoms. The van der Waals surface area contributed by atoms with Crippen LogP contribution in [0.5, 0.6) is 0 Å². The van der Waals surface area contributed by atoms with Crippen molar-refractivity contribution < 1.29 is 13.2 Å². The third-order valence-electron chi connectivity index (χ3n) is 5.93. The van der Waals surface area contributed by atoms with Crippen LogP contribution in [0.15, 0.2) is 87.3 Å². The van der Waals surface area contributed by atoms with Crippen LogP contribution in [0.2, 0.25) is 0 Å². The maximum absolute atomic E-state index is 13.4. The van der Waals surface area contributed by atoms with Crippen LogP contribution < -0.4 is 21.3 Å². The minimum absolute atomic E-state index is 0.0753. The molecule has 0 aliphatic heterocycles. The van der Waals surface area contributed by atoms with E-state index < -0.39 is 33.2 Å². The molecule has 0 unspecified atom stereocenters. The fourth-order valence-corrected chi connectivity index (χ4v) is 5.21. The van der Waals surface area contributed by atoms with Gasteiger partial charge < -0.3 is 5.32 Å². The molecule has 1 heterocycles. The number of sulfonamides is 1. The van der Waals surface area contributed by atoms with Gasteiger partial charge in [-0.05, 0) is 54.8 Å². The number of amides is 1. The summed E-state index contributed by atoms with van der Waals surface area (Å²) in [5, 5.41) is 2.86. The van der Waals surface area contributed by atoms with Crippen LogP contribution in [0, 0.1) is 6.92 Å². The fraction of sp³-hybridized carbons (Fsp3) is 0.192. The van der Waals surface area contributed by atoms with Gasteiger partial charge >= 0.3 is 5.69 Å². The Bertz CT molecular complexity index is 1670. The predicted octanol–water partition coefficient (Wildman–Crippen LogP) is 2.07. The molecule has 0 fully saturated rings. The summed E-state index contributed by atoms with van der Waals surface area (Å²) < 4.78 is 31.4. The second kappa shape index (κ2) is 9.92. The van der Waals surface area contributed by atoms with E-state index in [-0.39, 0.29) is 16.7 Å². The van der Waals surface area contributed by atoms with Crippen LogP contribution in [-0.2, 0) is 35.3 Å². The third-order valence-corrected chi connectivity index (χ3v) is 7.40. The number of carbonyl (C=O) groups excluding carboxylic acids is 1. The van der Waals surface area contributed by atoms with Gasteiger partial charge in [0.25, 0.3) is 5.56 Å². The quantitative estimate of drug-likeness (QED) is 0.398. The molecule has 1 amide bonds. The third kappa shape index (κ3) is 5.14. The zero-order valence-electron chi connectivity index (χ0n) is 20.1. The number of hydrogen-bond acceptors (Lipinski definition) is 5. The van der Waals surface area contributed by atoms with Crippen LogP contribution in [0.25, 0.3) is 10.9 Å². The van der Waals surface area contributed by atoms with Crippen molar-refractivity contribution in [3.8, 4) is 0 Å². The van der Waals surface area contributed by atoms with Gasteiger partial charge in [-0.2, -0.15) is 4.72 Å². The topological polar surface area (TPSA) is 119 Å². The molecule has 0 saturated carbocycles. The van der Waals surface area contributed by atoms with Gasteiger partial charge in [-0.15, -0.1) is 0 Å². The van der Waals surface area contributed by atoms with Crippen LogP contribution in [0.3, 0.4) is 0 Å². The van der Waals surface area contributed by atoms with E-state index in [1.807, 2.05) is 43.3 Å². The second-order valence-corrected chi connectivity index (χ2v) is 10.3. The van der Waals surface area contributed by atoms with Crippen LogP contribution >= 0.6 is 0 Å². The molecule has 1 aromatic heterocycles. The Morgan fingerprint density at radius 2 is 1.64 bits per heavy atom. The molecule has 3 aromatic carbocycles. The molecule has 0 aliphatic carbocycles. The molecule has 0 radical (unpaired) electrons. The number of nitrogens with zero attached hydrogens (tertiary/aromatic N) is 2. The largest absolute Gasteiger partial charge is 0.330 e. The Balaban J connectivity index is 1.71. The van der Waals surface area contributed by atoms with Gasteiger partial charge in [0.15, 0.2) is 0 Å². The first-order chi connectivity index (χ1) is 17.1. The number of carbonyl (C=O) groups is 1. The molecular formula is C26H26N4O5S. The number of rotatable bonds is 7. The second-order valence-electron chi connectivity index (χ2n) is 8.61. The summed E-state index contributed by atoms with van der Waals surface area (Å²) in [6.07, 6.45) is 0.113. The van der Waals surface area contributed by atoms with Gasteiger partial charge in [0.1, 0.15) is 6.04 Å². The normalized spacial score (nSPS) is 12.4. The maximum atomic E-state index is 13.4. The molecule has 0 saturated heterocycles. The lowest BCUT2D eigenvalue weighted by Crippen LogP contribution is -2.45. The average Bonchev–Trinajstić information content (AvgIpc) is 2.86. The van der Waals surface area contributed by atoms with Crippen molar-refractivity contribution in [2.24, 2.45) is 14.1 Å². The zero-order chi connectivity index (χ0) is 26.0. The van der Waals surface area contributed by atoms with E-state index in [1.165, 1.54) is 36.9 Å². The van der Waals surface area contributed by atoms with Crippen LogP contribution in [-0.4, -0.2) is 29.5 Å². The van der Waals surface area contributed by atoms with Crippen molar-refractivity contribution in [1.82, 2.24) is 13.9 Å². The van der Waals surface area contributed by atoms with Gasteiger partial charge in [-0.1, -0.05) is 42.5 Å². The highest BCUT2D eigenvalue weighted by atomic mass is 32.2. The highest BCUT2D eigenvalue weighted by Crippen LogP contribution is 2.17. The van der Waals surface area contributed by atoms with E-state index in [2.05, 4.69) is 10.0 Å². The first-order valence-corrected chi connectivity index (χ1v) is 12.7. The minimum atomic E-state index is -4.22. The Morgan fingerprint density at radius 1 is 0.917 bits per heavy atom. The number of anilines is 1. The molecule has 1 atom stereocenters. The Labute approximate surface area is 208 Å². The van der Waals surface area contributed by atoms with E-state index >= 15 is 0 Å². The standard InChI is InChI=1S/C26H26N4O5S/c1-17-8-7-11-19(14-17)27-24(31)22(15-18-9-5-4-6-10-18)28-36(34,35)20-12-13-23-21(16-20)25(32)30(3)26(33)29(23)2/h4-14,16,22,28H,15H2,1-3H3,(H,27,31)/t22-/m0/s1. The van der Waals surface area contributed by atoms with E-state index in [1.54, 1.807) is 18.2 Å². The molecule has 36 heavy (non-hydrogen) atoms.